The van der Waals surface area contributed by atoms with Gasteiger partial charge in [0.25, 0.3) is 6.43 Å². The van der Waals surface area contributed by atoms with Crippen molar-refractivity contribution in [3.8, 4) is 0 Å². The van der Waals surface area contributed by atoms with Crippen molar-refractivity contribution in [3.63, 3.8) is 0 Å². The van der Waals surface area contributed by atoms with E-state index in [1.54, 1.807) is 0 Å². The Morgan fingerprint density at radius 2 is 2.06 bits per heavy atom. The molecule has 0 aromatic carbocycles. The molecule has 2 N–H and O–H groups in total. The number of hydrogen-bond donors (Lipinski definition) is 2. The van der Waals surface area contributed by atoms with Crippen molar-refractivity contribution < 1.29 is 23.7 Å². The largest absolute Gasteiger partial charge is 0.393 e. The molecule has 4 aliphatic rings. The average Bonchev–Trinajstić information content (AvgIpc) is 3.13. The van der Waals surface area contributed by atoms with Crippen LogP contribution in [0.1, 0.15) is 58.8 Å². The zero-order valence-electron chi connectivity index (χ0n) is 20.2. The first-order valence-corrected chi connectivity index (χ1v) is 12.8. The van der Waals surface area contributed by atoms with Crippen LogP contribution in [0, 0.1) is 23.2 Å². The van der Waals surface area contributed by atoms with Gasteiger partial charge in [-0.1, -0.05) is 38.2 Å². The summed E-state index contributed by atoms with van der Waals surface area (Å²) in [6, 6.07) is 0. The fraction of sp³-hybridized carbons (Fsp3) is 0.778. The molecule has 4 fully saturated rings. The summed E-state index contributed by atoms with van der Waals surface area (Å²) in [4.78, 5) is 2.18. The predicted octanol–water partition coefficient (Wildman–Crippen LogP) is 4.73. The molecule has 186 valence electrons. The van der Waals surface area contributed by atoms with Gasteiger partial charge >= 0.3 is 0 Å². The first-order chi connectivity index (χ1) is 15.7. The van der Waals surface area contributed by atoms with Gasteiger partial charge in [0.1, 0.15) is 6.10 Å². The maximum atomic E-state index is 13.1. The SMILES string of the molecule is C=C1C(=CC=C2CCC[C@]3(C)[C@@H](C(C)CN4CCOC(C(F)F)C4)CC[C@@H]23)C[C@@H](O)C[C@@H]1O. The van der Waals surface area contributed by atoms with Gasteiger partial charge in [-0.2, -0.15) is 0 Å². The van der Waals surface area contributed by atoms with E-state index in [9.17, 15) is 19.0 Å². The molecule has 4 nitrogen and oxygen atoms in total. The fourth-order valence-electron chi connectivity index (χ4n) is 7.26. The van der Waals surface area contributed by atoms with E-state index < -0.39 is 24.7 Å². The second kappa shape index (κ2) is 10.3. The Bertz CT molecular complexity index is 781. The smallest absolute Gasteiger partial charge is 0.265 e. The Morgan fingerprint density at radius 1 is 1.27 bits per heavy atom. The summed E-state index contributed by atoms with van der Waals surface area (Å²) >= 11 is 0. The summed E-state index contributed by atoms with van der Waals surface area (Å²) in [5.41, 5.74) is 3.42. The van der Waals surface area contributed by atoms with Gasteiger partial charge in [0.15, 0.2) is 0 Å². The molecule has 0 spiro atoms. The van der Waals surface area contributed by atoms with Crippen molar-refractivity contribution in [1.29, 1.82) is 0 Å². The van der Waals surface area contributed by atoms with Crippen LogP contribution in [0.15, 0.2) is 35.5 Å². The maximum absolute atomic E-state index is 13.1. The number of morpholine rings is 1. The van der Waals surface area contributed by atoms with E-state index in [4.69, 9.17) is 4.74 Å². The van der Waals surface area contributed by atoms with Gasteiger partial charge < -0.3 is 14.9 Å². The summed E-state index contributed by atoms with van der Waals surface area (Å²) in [6.45, 7) is 11.1. The second-order valence-corrected chi connectivity index (χ2v) is 11.1. The van der Waals surface area contributed by atoms with Crippen molar-refractivity contribution >= 4 is 0 Å². The van der Waals surface area contributed by atoms with Crippen LogP contribution in [0.25, 0.3) is 0 Å². The van der Waals surface area contributed by atoms with E-state index in [2.05, 4.69) is 37.5 Å². The minimum Gasteiger partial charge on any atom is -0.393 e. The maximum Gasteiger partial charge on any atom is 0.265 e. The van der Waals surface area contributed by atoms with Crippen molar-refractivity contribution in [2.45, 2.75) is 83.5 Å². The highest BCUT2D eigenvalue weighted by Gasteiger charge is 2.50. The number of nitrogens with zero attached hydrogens (tertiary/aromatic N) is 1. The molecule has 3 aliphatic carbocycles. The van der Waals surface area contributed by atoms with E-state index in [0.717, 1.165) is 30.7 Å². The standard InChI is InChI=1S/C27H41F2NO3/c1-17(15-30-11-12-33-25(16-30)26(28)29)22-8-9-23-19(5-4-10-27(22,23)3)6-7-20-13-21(31)14-24(32)18(20)2/h6-7,17,21-26,31-32H,2,4-5,8-16H2,1,3H3/t17?,21-,22-,23+,24+,25?,27-/m1/s1. The van der Waals surface area contributed by atoms with Crippen LogP contribution in [0.2, 0.25) is 0 Å². The second-order valence-electron chi connectivity index (χ2n) is 11.1. The van der Waals surface area contributed by atoms with Gasteiger partial charge in [-0.25, -0.2) is 8.78 Å². The van der Waals surface area contributed by atoms with E-state index in [1.807, 2.05) is 0 Å². The quantitative estimate of drug-likeness (QED) is 0.616. The number of alkyl halides is 2. The molecule has 2 unspecified atom stereocenters. The summed E-state index contributed by atoms with van der Waals surface area (Å²) in [5.74, 6) is 1.58. The third-order valence-corrected chi connectivity index (χ3v) is 8.99. The number of fused-ring (bicyclic) bond motifs is 1. The lowest BCUT2D eigenvalue weighted by atomic mass is 9.61. The number of aliphatic hydroxyl groups excluding tert-OH is 2. The van der Waals surface area contributed by atoms with Crippen LogP contribution in [0.5, 0.6) is 0 Å². The van der Waals surface area contributed by atoms with Crippen molar-refractivity contribution in [3.05, 3.63) is 35.5 Å². The lowest BCUT2D eigenvalue weighted by molar-refractivity contribution is -0.106. The van der Waals surface area contributed by atoms with Gasteiger partial charge in [-0.05, 0) is 72.8 Å². The molecular weight excluding hydrogens is 424 g/mol. The average molecular weight is 466 g/mol. The fourth-order valence-corrected chi connectivity index (χ4v) is 7.26. The van der Waals surface area contributed by atoms with Crippen LogP contribution in [0.4, 0.5) is 8.78 Å². The number of ether oxygens (including phenoxy) is 1. The molecule has 0 aromatic heterocycles. The number of rotatable bonds is 5. The predicted molar refractivity (Wildman–Crippen MR) is 126 cm³/mol. The van der Waals surface area contributed by atoms with E-state index in [0.29, 0.717) is 43.7 Å². The Hall–Kier alpha value is -1.08. The van der Waals surface area contributed by atoms with Gasteiger partial charge in [0.05, 0.1) is 18.8 Å². The Kier molecular flexibility index (Phi) is 7.79. The summed E-state index contributed by atoms with van der Waals surface area (Å²) in [7, 11) is 0. The summed E-state index contributed by atoms with van der Waals surface area (Å²) < 4.78 is 31.5. The minimum atomic E-state index is -2.42. The highest BCUT2D eigenvalue weighted by atomic mass is 19.3. The van der Waals surface area contributed by atoms with E-state index in [-0.39, 0.29) is 5.41 Å². The van der Waals surface area contributed by atoms with Crippen LogP contribution in [0.3, 0.4) is 0 Å². The van der Waals surface area contributed by atoms with Gasteiger partial charge in [0.2, 0.25) is 0 Å². The Labute approximate surface area is 197 Å². The first kappa shape index (κ1) is 25.0. The van der Waals surface area contributed by atoms with E-state index >= 15 is 0 Å². The van der Waals surface area contributed by atoms with Gasteiger partial charge in [0, 0.05) is 26.1 Å². The molecule has 1 heterocycles. The number of aliphatic hydroxyl groups is 2. The van der Waals surface area contributed by atoms with Crippen LogP contribution in [-0.2, 0) is 4.74 Å². The first-order valence-electron chi connectivity index (χ1n) is 12.8. The Balaban J connectivity index is 1.44. The summed E-state index contributed by atoms with van der Waals surface area (Å²) in [5, 5.41) is 20.2. The molecule has 0 amide bonds. The Morgan fingerprint density at radius 3 is 2.82 bits per heavy atom. The molecule has 7 atom stereocenters. The normalized spacial score (nSPS) is 41.7. The van der Waals surface area contributed by atoms with Gasteiger partial charge in [-0.3, -0.25) is 4.90 Å². The van der Waals surface area contributed by atoms with E-state index in [1.165, 1.54) is 31.3 Å². The van der Waals surface area contributed by atoms with Crippen molar-refractivity contribution in [2.24, 2.45) is 23.2 Å². The number of halogens is 2. The van der Waals surface area contributed by atoms with Crippen molar-refractivity contribution in [2.75, 3.05) is 26.2 Å². The van der Waals surface area contributed by atoms with Gasteiger partial charge in [-0.15, -0.1) is 0 Å². The zero-order valence-corrected chi connectivity index (χ0v) is 20.2. The molecule has 0 bridgehead atoms. The molecular formula is C27H41F2NO3. The number of allylic oxidation sites excluding steroid dienone is 3. The highest BCUT2D eigenvalue weighted by Crippen LogP contribution is 2.59. The molecule has 6 heteroatoms. The number of hydrogen-bond acceptors (Lipinski definition) is 4. The lowest BCUT2D eigenvalue weighted by Crippen LogP contribution is -2.48. The van der Waals surface area contributed by atoms with Crippen molar-refractivity contribution in [1.82, 2.24) is 4.90 Å². The molecule has 0 aromatic rings. The van der Waals surface area contributed by atoms with Crippen LogP contribution in [-0.4, -0.2) is 66.1 Å². The molecule has 33 heavy (non-hydrogen) atoms. The highest BCUT2D eigenvalue weighted by molar-refractivity contribution is 5.38. The molecule has 1 aliphatic heterocycles. The monoisotopic (exact) mass is 465 g/mol. The molecule has 4 rings (SSSR count). The molecule has 3 saturated carbocycles. The van der Waals surface area contributed by atoms with Crippen LogP contribution < -0.4 is 0 Å². The summed E-state index contributed by atoms with van der Waals surface area (Å²) in [6.07, 6.45) is 6.57. The third-order valence-electron chi connectivity index (χ3n) is 8.99. The zero-order chi connectivity index (χ0) is 23.8. The van der Waals surface area contributed by atoms with Crippen LogP contribution >= 0.6 is 0 Å². The third kappa shape index (κ3) is 5.29. The lowest BCUT2D eigenvalue weighted by Gasteiger charge is -2.45. The molecule has 0 radical (unpaired) electrons. The molecule has 1 saturated heterocycles. The topological polar surface area (TPSA) is 52.9 Å². The minimum absolute atomic E-state index is 0.235.